The number of benzene rings is 1. The number of halogens is 3. The minimum absolute atomic E-state index is 0.719. The molecule has 0 amide bonds. The molecule has 0 aliphatic rings. The lowest BCUT2D eigenvalue weighted by molar-refractivity contribution is 1.12. The van der Waals surface area contributed by atoms with Gasteiger partial charge in [0.2, 0.25) is 0 Å². The van der Waals surface area contributed by atoms with E-state index in [0.29, 0.717) is 0 Å². The smallest absolute Gasteiger partial charge is 0.129 e. The molecule has 2 aromatic rings. The summed E-state index contributed by atoms with van der Waals surface area (Å²) in [5.74, 6) is 0. The van der Waals surface area contributed by atoms with Crippen LogP contribution in [0.4, 0.5) is 5.69 Å². The van der Waals surface area contributed by atoms with E-state index in [1.807, 2.05) is 30.3 Å². The van der Waals surface area contributed by atoms with Gasteiger partial charge in [-0.15, -0.1) is 0 Å². The molecular formula is C12H9Br2ClN2. The molecule has 0 saturated carbocycles. The van der Waals surface area contributed by atoms with Crippen molar-refractivity contribution in [1.82, 2.24) is 4.98 Å². The zero-order valence-corrected chi connectivity index (χ0v) is 12.7. The number of nitrogens with zero attached hydrogens (tertiary/aromatic N) is 1. The van der Waals surface area contributed by atoms with E-state index in [1.54, 1.807) is 6.20 Å². The molecule has 5 heteroatoms. The van der Waals surface area contributed by atoms with Crippen molar-refractivity contribution in [3.05, 3.63) is 56.2 Å². The molecule has 0 aliphatic carbocycles. The Hall–Kier alpha value is -0.580. The molecule has 2 nitrogen and oxygen atoms in total. The van der Waals surface area contributed by atoms with Crippen LogP contribution in [0.15, 0.2) is 45.6 Å². The van der Waals surface area contributed by atoms with Crippen LogP contribution in [0.3, 0.4) is 0 Å². The Morgan fingerprint density at radius 2 is 2.06 bits per heavy atom. The van der Waals surface area contributed by atoms with E-state index in [-0.39, 0.29) is 0 Å². The highest BCUT2D eigenvalue weighted by atomic mass is 79.9. The summed E-state index contributed by atoms with van der Waals surface area (Å²) in [6.45, 7) is 0.722. The zero-order chi connectivity index (χ0) is 12.3. The molecule has 88 valence electrons. The second kappa shape index (κ2) is 5.85. The predicted octanol–water partition coefficient (Wildman–Crippen LogP) is 4.87. The van der Waals surface area contributed by atoms with Crippen LogP contribution in [-0.2, 0) is 6.54 Å². The van der Waals surface area contributed by atoms with Crippen LogP contribution in [-0.4, -0.2) is 4.98 Å². The summed E-state index contributed by atoms with van der Waals surface area (Å²) in [6.07, 6.45) is 1.74. The largest absolute Gasteiger partial charge is 0.379 e. The minimum Gasteiger partial charge on any atom is -0.379 e. The molecule has 17 heavy (non-hydrogen) atoms. The van der Waals surface area contributed by atoms with Crippen molar-refractivity contribution in [3.8, 4) is 0 Å². The van der Waals surface area contributed by atoms with Crippen molar-refractivity contribution in [3.63, 3.8) is 0 Å². The molecule has 0 aliphatic heterocycles. The van der Waals surface area contributed by atoms with Crippen molar-refractivity contribution < 1.29 is 0 Å². The number of aromatic nitrogens is 1. The molecule has 1 aromatic carbocycles. The highest BCUT2D eigenvalue weighted by molar-refractivity contribution is 9.10. The van der Waals surface area contributed by atoms with Gasteiger partial charge < -0.3 is 5.32 Å². The molecule has 1 heterocycles. The summed E-state index contributed by atoms with van der Waals surface area (Å²) in [6, 6.07) is 9.73. The first-order valence-electron chi connectivity index (χ1n) is 4.95. The Balaban J connectivity index is 2.08. The fourth-order valence-electron chi connectivity index (χ4n) is 1.36. The van der Waals surface area contributed by atoms with Gasteiger partial charge in [-0.3, -0.25) is 0 Å². The lowest BCUT2D eigenvalue weighted by Gasteiger charge is -2.08. The summed E-state index contributed by atoms with van der Waals surface area (Å²) in [7, 11) is 0. The van der Waals surface area contributed by atoms with E-state index in [1.165, 1.54) is 0 Å². The van der Waals surface area contributed by atoms with Gasteiger partial charge in [0, 0.05) is 17.2 Å². The van der Waals surface area contributed by atoms with Crippen molar-refractivity contribution in [1.29, 1.82) is 0 Å². The summed E-state index contributed by atoms with van der Waals surface area (Å²) >= 11 is 12.7. The van der Waals surface area contributed by atoms with Gasteiger partial charge in [0.05, 0.1) is 10.7 Å². The number of nitrogens with one attached hydrogen (secondary N) is 1. The molecule has 0 atom stereocenters. The maximum absolute atomic E-state index is 5.94. The number of rotatable bonds is 3. The number of hydrogen-bond donors (Lipinski definition) is 1. The zero-order valence-electron chi connectivity index (χ0n) is 8.75. The quantitative estimate of drug-likeness (QED) is 0.773. The second-order valence-electron chi connectivity index (χ2n) is 3.44. The molecule has 0 bridgehead atoms. The molecule has 0 spiro atoms. The second-order valence-corrected chi connectivity index (χ2v) is 5.46. The predicted molar refractivity (Wildman–Crippen MR) is 78.4 cm³/mol. The average Bonchev–Trinajstić information content (AvgIpc) is 2.32. The van der Waals surface area contributed by atoms with E-state index in [0.717, 1.165) is 31.9 Å². The Morgan fingerprint density at radius 1 is 1.24 bits per heavy atom. The molecule has 1 N–H and O–H groups in total. The van der Waals surface area contributed by atoms with Gasteiger partial charge in [-0.2, -0.15) is 0 Å². The van der Waals surface area contributed by atoms with Crippen LogP contribution in [0.2, 0.25) is 5.02 Å². The van der Waals surface area contributed by atoms with E-state index < -0.39 is 0 Å². The van der Waals surface area contributed by atoms with Crippen molar-refractivity contribution in [2.45, 2.75) is 6.54 Å². The number of anilines is 1. The average molecular weight is 376 g/mol. The molecule has 0 radical (unpaired) electrons. The monoisotopic (exact) mass is 374 g/mol. The fraction of sp³-hybridized carbons (Fsp3) is 0.0833. The fourth-order valence-corrected chi connectivity index (χ4v) is 2.30. The molecule has 0 saturated heterocycles. The Bertz CT molecular complexity index is 532. The van der Waals surface area contributed by atoms with Crippen molar-refractivity contribution >= 4 is 49.1 Å². The SMILES string of the molecule is Clc1ccc(CNc2cccnc2Br)cc1Br. The topological polar surface area (TPSA) is 24.9 Å². The first kappa shape index (κ1) is 12.9. The summed E-state index contributed by atoms with van der Waals surface area (Å²) in [4.78, 5) is 4.15. The standard InChI is InChI=1S/C12H9Br2ClN2/c13-9-6-8(3-4-10(9)15)7-17-11-2-1-5-16-12(11)14/h1-6,17H,7H2. The van der Waals surface area contributed by atoms with Gasteiger partial charge in [-0.1, -0.05) is 17.7 Å². The number of pyridine rings is 1. The van der Waals surface area contributed by atoms with E-state index >= 15 is 0 Å². The van der Waals surface area contributed by atoms with Gasteiger partial charge in [0.15, 0.2) is 0 Å². The van der Waals surface area contributed by atoms with E-state index in [2.05, 4.69) is 42.2 Å². The first-order valence-corrected chi connectivity index (χ1v) is 6.91. The van der Waals surface area contributed by atoms with Gasteiger partial charge in [0.1, 0.15) is 4.60 Å². The van der Waals surface area contributed by atoms with Gasteiger partial charge >= 0.3 is 0 Å². The molecule has 0 unspecified atom stereocenters. The summed E-state index contributed by atoms with van der Waals surface area (Å²) < 4.78 is 1.72. The lowest BCUT2D eigenvalue weighted by atomic mass is 10.2. The van der Waals surface area contributed by atoms with Crippen LogP contribution in [0.1, 0.15) is 5.56 Å². The number of hydrogen-bond acceptors (Lipinski definition) is 2. The highest BCUT2D eigenvalue weighted by Crippen LogP contribution is 2.24. The lowest BCUT2D eigenvalue weighted by Crippen LogP contribution is -2.00. The maximum atomic E-state index is 5.94. The summed E-state index contributed by atoms with van der Waals surface area (Å²) in [5, 5.41) is 4.02. The Kier molecular flexibility index (Phi) is 4.42. The molecule has 1 aromatic heterocycles. The first-order chi connectivity index (χ1) is 8.16. The minimum atomic E-state index is 0.719. The maximum Gasteiger partial charge on any atom is 0.129 e. The van der Waals surface area contributed by atoms with E-state index in [4.69, 9.17) is 11.6 Å². The van der Waals surface area contributed by atoms with Crippen LogP contribution in [0.5, 0.6) is 0 Å². The van der Waals surface area contributed by atoms with Crippen molar-refractivity contribution in [2.24, 2.45) is 0 Å². The van der Waals surface area contributed by atoms with Crippen LogP contribution < -0.4 is 5.32 Å². The third kappa shape index (κ3) is 3.44. The van der Waals surface area contributed by atoms with Crippen LogP contribution >= 0.6 is 43.5 Å². The molecular weight excluding hydrogens is 367 g/mol. The Morgan fingerprint density at radius 3 is 2.76 bits per heavy atom. The van der Waals surface area contributed by atoms with Gasteiger partial charge in [-0.25, -0.2) is 4.98 Å². The normalized spacial score (nSPS) is 10.3. The van der Waals surface area contributed by atoms with Crippen LogP contribution in [0.25, 0.3) is 0 Å². The van der Waals surface area contributed by atoms with Crippen molar-refractivity contribution in [2.75, 3.05) is 5.32 Å². The van der Waals surface area contributed by atoms with E-state index in [9.17, 15) is 0 Å². The molecule has 2 rings (SSSR count). The Labute approximate surface area is 122 Å². The summed E-state index contributed by atoms with van der Waals surface area (Å²) in [5.41, 5.74) is 2.12. The molecule has 0 fully saturated rings. The third-order valence-corrected chi connectivity index (χ3v) is 4.07. The van der Waals surface area contributed by atoms with Gasteiger partial charge in [0.25, 0.3) is 0 Å². The highest BCUT2D eigenvalue weighted by Gasteiger charge is 2.01. The third-order valence-electron chi connectivity index (χ3n) is 2.23. The van der Waals surface area contributed by atoms with Gasteiger partial charge in [-0.05, 0) is 61.7 Å². The van der Waals surface area contributed by atoms with Crippen LogP contribution in [0, 0.1) is 0 Å².